The van der Waals surface area contributed by atoms with E-state index in [0.29, 0.717) is 0 Å². The van der Waals surface area contributed by atoms with Crippen LogP contribution >= 0.6 is 11.3 Å². The lowest BCUT2D eigenvalue weighted by Gasteiger charge is -2.40. The topological polar surface area (TPSA) is 41.0 Å². The van der Waals surface area contributed by atoms with Crippen molar-refractivity contribution in [3.05, 3.63) is 17.8 Å². The molecule has 1 N–H and O–H groups in total. The molecule has 2 aromatic heterocycles. The highest BCUT2D eigenvalue weighted by atomic mass is 32.1. The number of fused-ring (bicyclic) bond motifs is 1. The number of nitrogens with one attached hydrogen (secondary N) is 1. The van der Waals surface area contributed by atoms with Crippen molar-refractivity contribution in [3.8, 4) is 0 Å². The SMILES string of the molecule is CN(C)C1(CNc2ncnc3sccc23)CCCCCC1. The molecule has 3 rings (SSSR count). The predicted octanol–water partition coefficient (Wildman–Crippen LogP) is 3.76. The third-order valence-corrected chi connectivity index (χ3v) is 5.65. The van der Waals surface area contributed by atoms with E-state index in [-0.39, 0.29) is 5.54 Å². The average molecular weight is 304 g/mol. The number of likely N-dealkylation sites (N-methyl/N-ethyl adjacent to an activating group) is 1. The van der Waals surface area contributed by atoms with Gasteiger partial charge in [0.1, 0.15) is 17.0 Å². The normalized spacial score (nSPS) is 18.8. The fourth-order valence-corrected chi connectivity index (χ4v) is 4.08. The summed E-state index contributed by atoms with van der Waals surface area (Å²) in [5, 5.41) is 6.83. The van der Waals surface area contributed by atoms with Crippen LogP contribution in [0.2, 0.25) is 0 Å². The third kappa shape index (κ3) is 3.04. The molecule has 2 heterocycles. The quantitative estimate of drug-likeness (QED) is 0.873. The van der Waals surface area contributed by atoms with Crippen LogP contribution in [0.25, 0.3) is 10.2 Å². The molecule has 4 nitrogen and oxygen atoms in total. The van der Waals surface area contributed by atoms with Crippen LogP contribution in [0.15, 0.2) is 17.8 Å². The van der Waals surface area contributed by atoms with Gasteiger partial charge in [-0.2, -0.15) is 0 Å². The second kappa shape index (κ2) is 6.28. The van der Waals surface area contributed by atoms with E-state index in [2.05, 4.69) is 45.7 Å². The molecule has 0 aromatic carbocycles. The second-order valence-corrected chi connectivity index (χ2v) is 7.14. The molecule has 0 unspecified atom stereocenters. The van der Waals surface area contributed by atoms with E-state index in [4.69, 9.17) is 0 Å². The molecule has 1 aliphatic carbocycles. The molecule has 0 radical (unpaired) electrons. The molecule has 1 fully saturated rings. The van der Waals surface area contributed by atoms with Crippen LogP contribution in [0.1, 0.15) is 38.5 Å². The molecule has 0 saturated heterocycles. The number of thiophene rings is 1. The summed E-state index contributed by atoms with van der Waals surface area (Å²) >= 11 is 1.67. The largest absolute Gasteiger partial charge is 0.368 e. The number of nitrogens with zero attached hydrogens (tertiary/aromatic N) is 3. The van der Waals surface area contributed by atoms with Crippen LogP contribution in [0.5, 0.6) is 0 Å². The van der Waals surface area contributed by atoms with Crippen LogP contribution in [-0.4, -0.2) is 41.0 Å². The lowest BCUT2D eigenvalue weighted by molar-refractivity contribution is 0.143. The van der Waals surface area contributed by atoms with Crippen molar-refractivity contribution >= 4 is 27.4 Å². The maximum Gasteiger partial charge on any atom is 0.138 e. The first kappa shape index (κ1) is 14.7. The summed E-state index contributed by atoms with van der Waals surface area (Å²) in [7, 11) is 4.43. The van der Waals surface area contributed by atoms with Crippen LogP contribution in [0, 0.1) is 0 Å². The minimum absolute atomic E-state index is 0.254. The molecule has 0 spiro atoms. The van der Waals surface area contributed by atoms with Gasteiger partial charge >= 0.3 is 0 Å². The average Bonchev–Trinajstić information content (AvgIpc) is 2.83. The highest BCUT2D eigenvalue weighted by molar-refractivity contribution is 7.16. The molecule has 2 aromatic rings. The van der Waals surface area contributed by atoms with E-state index in [0.717, 1.165) is 22.6 Å². The van der Waals surface area contributed by atoms with Gasteiger partial charge in [-0.15, -0.1) is 11.3 Å². The Morgan fingerprint density at radius 2 is 1.95 bits per heavy atom. The highest BCUT2D eigenvalue weighted by Gasteiger charge is 2.33. The number of aromatic nitrogens is 2. The van der Waals surface area contributed by atoms with Crippen molar-refractivity contribution in [1.29, 1.82) is 0 Å². The molecule has 114 valence electrons. The van der Waals surface area contributed by atoms with Gasteiger partial charge < -0.3 is 10.2 Å². The maximum absolute atomic E-state index is 4.44. The van der Waals surface area contributed by atoms with Gasteiger partial charge in [-0.3, -0.25) is 0 Å². The van der Waals surface area contributed by atoms with E-state index in [1.165, 1.54) is 38.5 Å². The first-order valence-electron chi connectivity index (χ1n) is 7.81. The van der Waals surface area contributed by atoms with E-state index in [1.807, 2.05) is 0 Å². The smallest absolute Gasteiger partial charge is 0.138 e. The Kier molecular flexibility index (Phi) is 4.40. The minimum Gasteiger partial charge on any atom is -0.368 e. The lowest BCUT2D eigenvalue weighted by Crippen LogP contribution is -2.49. The summed E-state index contributed by atoms with van der Waals surface area (Å²) in [5.41, 5.74) is 0.254. The maximum atomic E-state index is 4.44. The van der Waals surface area contributed by atoms with E-state index in [1.54, 1.807) is 17.7 Å². The van der Waals surface area contributed by atoms with Gasteiger partial charge in [0, 0.05) is 12.1 Å². The fourth-order valence-electron chi connectivity index (χ4n) is 3.35. The van der Waals surface area contributed by atoms with Gasteiger partial charge in [-0.05, 0) is 38.4 Å². The monoisotopic (exact) mass is 304 g/mol. The highest BCUT2D eigenvalue weighted by Crippen LogP contribution is 2.32. The van der Waals surface area contributed by atoms with Crippen molar-refractivity contribution in [3.63, 3.8) is 0 Å². The zero-order chi connectivity index (χ0) is 14.7. The Bertz CT molecular complexity index is 585. The zero-order valence-corrected chi connectivity index (χ0v) is 13.7. The number of hydrogen-bond acceptors (Lipinski definition) is 5. The van der Waals surface area contributed by atoms with Gasteiger partial charge in [-0.25, -0.2) is 9.97 Å². The summed E-state index contributed by atoms with van der Waals surface area (Å²) in [4.78, 5) is 12.2. The predicted molar refractivity (Wildman–Crippen MR) is 90.0 cm³/mol. The zero-order valence-electron chi connectivity index (χ0n) is 12.9. The van der Waals surface area contributed by atoms with Crippen LogP contribution < -0.4 is 5.32 Å². The molecule has 0 amide bonds. The standard InChI is InChI=1S/C16H24N4S/c1-20(2)16(8-5-3-4-6-9-16)11-17-14-13-7-10-21-15(13)19-12-18-14/h7,10,12H,3-6,8-9,11H2,1-2H3,(H,17,18,19). The Morgan fingerprint density at radius 3 is 2.67 bits per heavy atom. The molecular formula is C16H24N4S. The Hall–Kier alpha value is -1.20. The number of rotatable bonds is 4. The van der Waals surface area contributed by atoms with Crippen LogP contribution in [0.4, 0.5) is 5.82 Å². The van der Waals surface area contributed by atoms with E-state index < -0.39 is 0 Å². The van der Waals surface area contributed by atoms with Crippen LogP contribution in [0.3, 0.4) is 0 Å². The molecule has 0 atom stereocenters. The van der Waals surface area contributed by atoms with Gasteiger partial charge in [0.15, 0.2) is 0 Å². The first-order chi connectivity index (χ1) is 10.2. The molecule has 1 saturated carbocycles. The Labute approximate surface area is 130 Å². The summed E-state index contributed by atoms with van der Waals surface area (Å²) in [6.07, 6.45) is 9.61. The number of hydrogen-bond donors (Lipinski definition) is 1. The second-order valence-electron chi connectivity index (χ2n) is 6.25. The van der Waals surface area contributed by atoms with Gasteiger partial charge in [-0.1, -0.05) is 25.7 Å². The summed E-state index contributed by atoms with van der Waals surface area (Å²) < 4.78 is 0. The Balaban J connectivity index is 1.79. The summed E-state index contributed by atoms with van der Waals surface area (Å²) in [5.74, 6) is 0.978. The molecular weight excluding hydrogens is 280 g/mol. The lowest BCUT2D eigenvalue weighted by atomic mass is 9.88. The van der Waals surface area contributed by atoms with Crippen molar-refractivity contribution in [2.45, 2.75) is 44.1 Å². The van der Waals surface area contributed by atoms with Gasteiger partial charge in [0.05, 0.1) is 5.39 Å². The number of anilines is 1. The molecule has 21 heavy (non-hydrogen) atoms. The van der Waals surface area contributed by atoms with Crippen molar-refractivity contribution in [2.75, 3.05) is 26.0 Å². The molecule has 0 aliphatic heterocycles. The third-order valence-electron chi connectivity index (χ3n) is 4.83. The van der Waals surface area contributed by atoms with Crippen LogP contribution in [-0.2, 0) is 0 Å². The van der Waals surface area contributed by atoms with Gasteiger partial charge in [0.2, 0.25) is 0 Å². The fraction of sp³-hybridized carbons (Fsp3) is 0.625. The summed E-state index contributed by atoms with van der Waals surface area (Å²) in [6.45, 7) is 0.960. The minimum atomic E-state index is 0.254. The first-order valence-corrected chi connectivity index (χ1v) is 8.69. The summed E-state index contributed by atoms with van der Waals surface area (Å²) in [6, 6.07) is 2.11. The van der Waals surface area contributed by atoms with Gasteiger partial charge in [0.25, 0.3) is 0 Å². The van der Waals surface area contributed by atoms with Crippen molar-refractivity contribution in [1.82, 2.24) is 14.9 Å². The molecule has 1 aliphatic rings. The molecule has 5 heteroatoms. The molecule has 0 bridgehead atoms. The van der Waals surface area contributed by atoms with E-state index in [9.17, 15) is 0 Å². The van der Waals surface area contributed by atoms with Crippen molar-refractivity contribution in [2.24, 2.45) is 0 Å². The Morgan fingerprint density at radius 1 is 1.19 bits per heavy atom. The van der Waals surface area contributed by atoms with E-state index >= 15 is 0 Å². The van der Waals surface area contributed by atoms with Crippen molar-refractivity contribution < 1.29 is 0 Å².